The predicted octanol–water partition coefficient (Wildman–Crippen LogP) is 2.27. The Labute approximate surface area is 75.1 Å². The molecule has 0 N–H and O–H groups in total. The van der Waals surface area contributed by atoms with Crippen molar-refractivity contribution in [2.45, 2.75) is 44.6 Å². The second-order valence-corrected chi connectivity index (χ2v) is 5.40. The van der Waals surface area contributed by atoms with Gasteiger partial charge >= 0.3 is 0 Å². The number of rotatable bonds is 1. The quantitative estimate of drug-likeness (QED) is 0.576. The fourth-order valence-electron chi connectivity index (χ4n) is 3.44. The third kappa shape index (κ3) is 0.834. The number of likely N-dealkylation sites (tertiary alicyclic amines) is 1. The molecule has 0 aromatic heterocycles. The number of hydrogen-bond acceptors (Lipinski definition) is 1. The lowest BCUT2D eigenvalue weighted by atomic mass is 9.49. The summed E-state index contributed by atoms with van der Waals surface area (Å²) in [6, 6.07) is 0. The Morgan fingerprint density at radius 3 is 2.50 bits per heavy atom. The van der Waals surface area contributed by atoms with Gasteiger partial charge in [-0.2, -0.15) is 0 Å². The smallest absolute Gasteiger partial charge is 0.0217 e. The lowest BCUT2D eigenvalue weighted by molar-refractivity contribution is -0.154. The van der Waals surface area contributed by atoms with E-state index >= 15 is 0 Å². The SMILES string of the molecule is C[C@@H]1CCCN(C23CC(C2)C3)C1. The first-order chi connectivity index (χ1) is 5.78. The maximum atomic E-state index is 2.81. The van der Waals surface area contributed by atoms with Crippen molar-refractivity contribution in [3.05, 3.63) is 0 Å². The second kappa shape index (κ2) is 2.25. The van der Waals surface area contributed by atoms with Gasteiger partial charge in [0.15, 0.2) is 0 Å². The van der Waals surface area contributed by atoms with Crippen LogP contribution in [0.15, 0.2) is 0 Å². The molecule has 68 valence electrons. The molecule has 0 aromatic carbocycles. The van der Waals surface area contributed by atoms with Crippen molar-refractivity contribution in [3.8, 4) is 0 Å². The minimum Gasteiger partial charge on any atom is -0.297 e. The number of nitrogens with zero attached hydrogens (tertiary/aromatic N) is 1. The minimum atomic E-state index is 0.749. The van der Waals surface area contributed by atoms with Crippen LogP contribution in [0.3, 0.4) is 0 Å². The Morgan fingerprint density at radius 1 is 1.25 bits per heavy atom. The van der Waals surface area contributed by atoms with Gasteiger partial charge in [-0.3, -0.25) is 4.90 Å². The Balaban J connectivity index is 1.67. The zero-order chi connectivity index (χ0) is 8.18. The first-order valence-corrected chi connectivity index (χ1v) is 5.54. The van der Waals surface area contributed by atoms with E-state index in [0.29, 0.717) is 0 Å². The van der Waals surface area contributed by atoms with Crippen molar-refractivity contribution < 1.29 is 0 Å². The summed E-state index contributed by atoms with van der Waals surface area (Å²) in [6.07, 6.45) is 7.54. The zero-order valence-corrected chi connectivity index (χ0v) is 8.05. The molecule has 4 rings (SSSR count). The van der Waals surface area contributed by atoms with Gasteiger partial charge in [-0.25, -0.2) is 0 Å². The van der Waals surface area contributed by atoms with E-state index in [1.54, 1.807) is 19.3 Å². The third-order valence-electron chi connectivity index (χ3n) is 4.33. The summed E-state index contributed by atoms with van der Waals surface area (Å²) in [5, 5.41) is 0. The van der Waals surface area contributed by atoms with Gasteiger partial charge < -0.3 is 0 Å². The molecule has 0 unspecified atom stereocenters. The highest BCUT2D eigenvalue weighted by molar-refractivity contribution is 5.15. The number of piperidine rings is 1. The van der Waals surface area contributed by atoms with Crippen LogP contribution in [-0.2, 0) is 0 Å². The largest absolute Gasteiger partial charge is 0.297 e. The molecule has 0 spiro atoms. The summed E-state index contributed by atoms with van der Waals surface area (Å²) in [6.45, 7) is 5.21. The van der Waals surface area contributed by atoms with Gasteiger partial charge in [-0.1, -0.05) is 6.92 Å². The Kier molecular flexibility index (Phi) is 1.39. The third-order valence-corrected chi connectivity index (χ3v) is 4.33. The van der Waals surface area contributed by atoms with Crippen LogP contribution < -0.4 is 0 Å². The van der Waals surface area contributed by atoms with E-state index in [1.165, 1.54) is 25.9 Å². The average molecular weight is 165 g/mol. The average Bonchev–Trinajstić information content (AvgIpc) is 1.79. The van der Waals surface area contributed by atoms with E-state index in [2.05, 4.69) is 11.8 Å². The molecule has 1 nitrogen and oxygen atoms in total. The van der Waals surface area contributed by atoms with Crippen LogP contribution in [0.2, 0.25) is 0 Å². The fourth-order valence-corrected chi connectivity index (χ4v) is 3.44. The highest BCUT2D eigenvalue weighted by Crippen LogP contribution is 2.61. The normalized spacial score (nSPS) is 52.8. The summed E-state index contributed by atoms with van der Waals surface area (Å²) < 4.78 is 0. The van der Waals surface area contributed by atoms with Crippen molar-refractivity contribution >= 4 is 0 Å². The molecular weight excluding hydrogens is 146 g/mol. The molecule has 1 aliphatic heterocycles. The highest BCUT2D eigenvalue weighted by Gasteiger charge is 2.59. The standard InChI is InChI=1S/C11H19N/c1-9-3-2-4-12(8-9)11-5-10(6-11)7-11/h9-10H,2-8H2,1H3/t9-,10?,11?/m1/s1. The maximum absolute atomic E-state index is 2.81. The van der Waals surface area contributed by atoms with E-state index in [4.69, 9.17) is 0 Å². The van der Waals surface area contributed by atoms with Crippen LogP contribution in [0.25, 0.3) is 0 Å². The summed E-state index contributed by atoms with van der Waals surface area (Å²) in [7, 11) is 0. The first-order valence-electron chi connectivity index (χ1n) is 5.54. The molecule has 3 saturated carbocycles. The van der Waals surface area contributed by atoms with Crippen molar-refractivity contribution in [3.63, 3.8) is 0 Å². The van der Waals surface area contributed by atoms with Crippen molar-refractivity contribution in [2.75, 3.05) is 13.1 Å². The molecule has 0 radical (unpaired) electrons. The second-order valence-electron chi connectivity index (χ2n) is 5.40. The molecule has 0 amide bonds. The van der Waals surface area contributed by atoms with Crippen LogP contribution in [0, 0.1) is 11.8 Å². The van der Waals surface area contributed by atoms with Crippen molar-refractivity contribution in [2.24, 2.45) is 11.8 Å². The molecule has 2 bridgehead atoms. The van der Waals surface area contributed by atoms with Crippen LogP contribution in [0.1, 0.15) is 39.0 Å². The number of hydrogen-bond donors (Lipinski definition) is 0. The summed E-state index contributed by atoms with van der Waals surface area (Å²) in [4.78, 5) is 2.81. The van der Waals surface area contributed by atoms with Gasteiger partial charge in [-0.15, -0.1) is 0 Å². The molecule has 4 fully saturated rings. The summed E-state index contributed by atoms with van der Waals surface area (Å²) in [5.41, 5.74) is 0.749. The van der Waals surface area contributed by atoms with Crippen molar-refractivity contribution in [1.29, 1.82) is 0 Å². The monoisotopic (exact) mass is 165 g/mol. The van der Waals surface area contributed by atoms with Gasteiger partial charge in [0.1, 0.15) is 0 Å². The molecule has 0 aromatic rings. The van der Waals surface area contributed by atoms with Crippen LogP contribution in [0.5, 0.6) is 0 Å². The van der Waals surface area contributed by atoms with Crippen LogP contribution >= 0.6 is 0 Å². The molecule has 3 aliphatic carbocycles. The van der Waals surface area contributed by atoms with Crippen molar-refractivity contribution in [1.82, 2.24) is 4.90 Å². The fraction of sp³-hybridized carbons (Fsp3) is 1.00. The van der Waals surface area contributed by atoms with E-state index in [1.807, 2.05) is 0 Å². The maximum Gasteiger partial charge on any atom is 0.0217 e. The molecule has 4 aliphatic rings. The van der Waals surface area contributed by atoms with Gasteiger partial charge in [-0.05, 0) is 50.5 Å². The Morgan fingerprint density at radius 2 is 2.00 bits per heavy atom. The Hall–Kier alpha value is -0.0400. The molecular formula is C11H19N. The molecule has 1 atom stereocenters. The molecule has 12 heavy (non-hydrogen) atoms. The van der Waals surface area contributed by atoms with E-state index in [0.717, 1.165) is 17.4 Å². The topological polar surface area (TPSA) is 3.24 Å². The van der Waals surface area contributed by atoms with Gasteiger partial charge in [0.2, 0.25) is 0 Å². The predicted molar refractivity (Wildman–Crippen MR) is 50.0 cm³/mol. The summed E-state index contributed by atoms with van der Waals surface area (Å²) >= 11 is 0. The van der Waals surface area contributed by atoms with Crippen LogP contribution in [0.4, 0.5) is 0 Å². The minimum absolute atomic E-state index is 0.749. The van der Waals surface area contributed by atoms with Gasteiger partial charge in [0.25, 0.3) is 0 Å². The first kappa shape index (κ1) is 7.37. The zero-order valence-electron chi connectivity index (χ0n) is 8.05. The molecule has 1 heterocycles. The molecule has 1 heteroatoms. The van der Waals surface area contributed by atoms with E-state index < -0.39 is 0 Å². The Bertz CT molecular complexity index is 182. The van der Waals surface area contributed by atoms with Gasteiger partial charge in [0, 0.05) is 12.1 Å². The van der Waals surface area contributed by atoms with Gasteiger partial charge in [0.05, 0.1) is 0 Å². The molecule has 1 saturated heterocycles. The van der Waals surface area contributed by atoms with E-state index in [-0.39, 0.29) is 0 Å². The van der Waals surface area contributed by atoms with Crippen LogP contribution in [-0.4, -0.2) is 23.5 Å². The lowest BCUT2D eigenvalue weighted by Crippen LogP contribution is -2.69. The lowest BCUT2D eigenvalue weighted by Gasteiger charge is -2.67. The highest BCUT2D eigenvalue weighted by atomic mass is 15.2. The van der Waals surface area contributed by atoms with E-state index in [9.17, 15) is 0 Å². The summed E-state index contributed by atoms with van der Waals surface area (Å²) in [5.74, 6) is 2.11.